The first-order valence-electron chi connectivity index (χ1n) is 6.97. The van der Waals surface area contributed by atoms with Crippen LogP contribution in [0.3, 0.4) is 0 Å². The van der Waals surface area contributed by atoms with Gasteiger partial charge in [-0.1, -0.05) is 41.9 Å². The van der Waals surface area contributed by atoms with E-state index in [9.17, 15) is 18.5 Å². The minimum Gasteiger partial charge on any atom is -0.282 e. The van der Waals surface area contributed by atoms with E-state index in [0.29, 0.717) is 0 Å². The topological polar surface area (TPSA) is 126 Å². The van der Waals surface area contributed by atoms with Gasteiger partial charge in [-0.3, -0.25) is 14.7 Å². The highest BCUT2D eigenvalue weighted by atomic mass is 35.5. The molecule has 0 unspecified atom stereocenters. The van der Waals surface area contributed by atoms with Gasteiger partial charge in [0.05, 0.1) is 9.82 Å². The summed E-state index contributed by atoms with van der Waals surface area (Å²) in [4.78, 5) is 12.4. The zero-order valence-corrected chi connectivity index (χ0v) is 14.6. The molecule has 0 saturated heterocycles. The Labute approximate surface area is 153 Å². The molecular weight excluding hydrogens is 382 g/mol. The minimum absolute atomic E-state index is 0.0479. The molecule has 132 valence electrons. The molecule has 0 spiro atoms. The van der Waals surface area contributed by atoms with Crippen LogP contribution in [0.1, 0.15) is 0 Å². The molecule has 0 bridgehead atoms. The number of nitrogens with zero attached hydrogens (tertiary/aromatic N) is 3. The summed E-state index contributed by atoms with van der Waals surface area (Å²) in [5, 5.41) is 20.3. The van der Waals surface area contributed by atoms with Gasteiger partial charge in [0, 0.05) is 18.2 Å². The van der Waals surface area contributed by atoms with E-state index in [1.165, 1.54) is 24.3 Å². The molecule has 0 amide bonds. The third-order valence-electron chi connectivity index (χ3n) is 3.27. The molecule has 0 atom stereocenters. The van der Waals surface area contributed by atoms with E-state index in [4.69, 9.17) is 21.5 Å². The number of halogens is 1. The van der Waals surface area contributed by atoms with E-state index >= 15 is 0 Å². The van der Waals surface area contributed by atoms with Crippen molar-refractivity contribution in [2.24, 2.45) is 0 Å². The summed E-state index contributed by atoms with van der Waals surface area (Å²) >= 11 is 5.52. The van der Waals surface area contributed by atoms with Crippen molar-refractivity contribution in [3.63, 3.8) is 0 Å². The van der Waals surface area contributed by atoms with Crippen LogP contribution in [0, 0.1) is 15.5 Å². The fourth-order valence-corrected chi connectivity index (χ4v) is 2.75. The summed E-state index contributed by atoms with van der Waals surface area (Å²) in [5.74, 6) is 0. The highest BCUT2D eigenvalue weighted by Crippen LogP contribution is 2.28. The number of rotatable bonds is 2. The fourth-order valence-electron chi connectivity index (χ4n) is 2.02. The summed E-state index contributed by atoms with van der Waals surface area (Å²) < 4.78 is 30.5. The second kappa shape index (κ2) is 7.88. The molecule has 10 heteroatoms. The second-order valence-corrected chi connectivity index (χ2v) is 6.81. The average molecular weight is 393 g/mol. The third kappa shape index (κ3) is 4.73. The Hall–Kier alpha value is -3.06. The molecule has 26 heavy (non-hydrogen) atoms. The first-order valence-corrected chi connectivity index (χ1v) is 8.79. The van der Waals surface area contributed by atoms with E-state index in [2.05, 4.69) is 4.98 Å². The Balaban J connectivity index is 0.000000190. The van der Waals surface area contributed by atoms with Gasteiger partial charge in [-0.25, -0.2) is 0 Å². The van der Waals surface area contributed by atoms with Crippen LogP contribution < -0.4 is 0 Å². The van der Waals surface area contributed by atoms with Crippen LogP contribution in [0.4, 0.5) is 11.4 Å². The molecule has 3 aromatic carbocycles. The lowest BCUT2D eigenvalue weighted by atomic mass is 10.1. The van der Waals surface area contributed by atoms with Crippen molar-refractivity contribution in [2.75, 3.05) is 0 Å². The van der Waals surface area contributed by atoms with Gasteiger partial charge in [-0.05, 0) is 22.9 Å². The predicted octanol–water partition coefficient (Wildman–Crippen LogP) is 4.82. The summed E-state index contributed by atoms with van der Waals surface area (Å²) in [7, 11) is -4.09. The number of diazo groups is 1. The molecule has 0 saturated carbocycles. The fraction of sp³-hybridized carbons (Fsp3) is 0. The number of nitro groups is 1. The van der Waals surface area contributed by atoms with Gasteiger partial charge in [0.2, 0.25) is 5.39 Å². The number of non-ortho nitro benzene ring substituents is 1. The summed E-state index contributed by atoms with van der Waals surface area (Å²) in [6.45, 7) is 0. The van der Waals surface area contributed by atoms with Crippen LogP contribution in [-0.2, 0) is 10.1 Å². The van der Waals surface area contributed by atoms with Gasteiger partial charge in [0.15, 0.2) is 4.98 Å². The number of fused-ring (bicyclic) bond motifs is 1. The number of hydrogen-bond acceptors (Lipinski definition) is 5. The first kappa shape index (κ1) is 19.3. The van der Waals surface area contributed by atoms with E-state index in [1.54, 1.807) is 12.1 Å². The SMILES string of the molecule is N#[N+]c1ccc([N+](=O)[O-])cc1Cl.O=S(=O)(O)c1ccc2ccccc2c1. The molecule has 1 N–H and O–H groups in total. The number of hydrogen-bond donors (Lipinski definition) is 1. The minimum atomic E-state index is -4.09. The molecular formula is C16H11ClN3O5S+. The molecule has 0 fully saturated rings. The van der Waals surface area contributed by atoms with Crippen LogP contribution in [0.5, 0.6) is 0 Å². The zero-order valence-electron chi connectivity index (χ0n) is 13.0. The molecule has 3 aromatic rings. The van der Waals surface area contributed by atoms with Gasteiger partial charge in [0.25, 0.3) is 15.8 Å². The monoisotopic (exact) mass is 392 g/mol. The van der Waals surface area contributed by atoms with E-state index in [-0.39, 0.29) is 21.3 Å². The lowest BCUT2D eigenvalue weighted by Crippen LogP contribution is -1.97. The molecule has 8 nitrogen and oxygen atoms in total. The van der Waals surface area contributed by atoms with Gasteiger partial charge < -0.3 is 0 Å². The highest BCUT2D eigenvalue weighted by Gasteiger charge is 2.16. The van der Waals surface area contributed by atoms with Crippen molar-refractivity contribution >= 4 is 43.9 Å². The van der Waals surface area contributed by atoms with Crippen molar-refractivity contribution in [2.45, 2.75) is 4.90 Å². The van der Waals surface area contributed by atoms with Gasteiger partial charge >= 0.3 is 5.69 Å². The van der Waals surface area contributed by atoms with E-state index in [1.807, 2.05) is 18.2 Å². The van der Waals surface area contributed by atoms with Gasteiger partial charge in [-0.2, -0.15) is 8.42 Å². The maximum absolute atomic E-state index is 10.8. The van der Waals surface area contributed by atoms with Crippen molar-refractivity contribution in [1.29, 1.82) is 5.39 Å². The molecule has 3 rings (SSSR count). The van der Waals surface area contributed by atoms with Crippen LogP contribution in [0.2, 0.25) is 5.02 Å². The maximum atomic E-state index is 10.8. The molecule has 0 radical (unpaired) electrons. The van der Waals surface area contributed by atoms with Crippen LogP contribution in [0.15, 0.2) is 65.6 Å². The normalized spacial score (nSPS) is 10.5. The molecule has 0 aliphatic rings. The van der Waals surface area contributed by atoms with Crippen LogP contribution >= 0.6 is 11.6 Å². The predicted molar refractivity (Wildman–Crippen MR) is 96.6 cm³/mol. The molecule has 0 aliphatic carbocycles. The highest BCUT2D eigenvalue weighted by molar-refractivity contribution is 7.85. The lowest BCUT2D eigenvalue weighted by molar-refractivity contribution is -0.384. The quantitative estimate of drug-likeness (QED) is 0.288. The Morgan fingerprint density at radius 3 is 2.23 bits per heavy atom. The Bertz CT molecular complexity index is 1130. The van der Waals surface area contributed by atoms with E-state index < -0.39 is 15.0 Å². The second-order valence-electron chi connectivity index (χ2n) is 4.98. The van der Waals surface area contributed by atoms with Crippen molar-refractivity contribution < 1.29 is 17.9 Å². The van der Waals surface area contributed by atoms with Crippen molar-refractivity contribution in [3.05, 3.63) is 80.8 Å². The van der Waals surface area contributed by atoms with Crippen molar-refractivity contribution in [3.8, 4) is 0 Å². The number of nitro benzene ring substituents is 1. The molecule has 0 aromatic heterocycles. The standard InChI is InChI=1S/C10H8O3S.C6H3ClN3O2/c11-14(12,13)10-6-5-8-3-1-2-4-9(8)7-10;7-5-3-4(10(11)12)1-2-6(5)9-8/h1-7H,(H,11,12,13);1-3H/q;+1. The number of benzene rings is 3. The lowest BCUT2D eigenvalue weighted by Gasteiger charge is -1.99. The third-order valence-corrected chi connectivity index (χ3v) is 4.42. The first-order chi connectivity index (χ1) is 12.2. The maximum Gasteiger partial charge on any atom is 0.403 e. The summed E-state index contributed by atoms with van der Waals surface area (Å²) in [6, 6.07) is 15.5. The summed E-state index contributed by atoms with van der Waals surface area (Å²) in [5.41, 5.74) is -0.0188. The smallest absolute Gasteiger partial charge is 0.282 e. The van der Waals surface area contributed by atoms with Gasteiger partial charge in [-0.15, -0.1) is 0 Å². The van der Waals surface area contributed by atoms with Crippen molar-refractivity contribution in [1.82, 2.24) is 0 Å². The molecule has 0 heterocycles. The largest absolute Gasteiger partial charge is 0.403 e. The summed E-state index contributed by atoms with van der Waals surface area (Å²) in [6.07, 6.45) is 0. The Kier molecular flexibility index (Phi) is 5.84. The van der Waals surface area contributed by atoms with E-state index in [0.717, 1.165) is 16.8 Å². The zero-order chi connectivity index (χ0) is 19.3. The Morgan fingerprint density at radius 2 is 1.69 bits per heavy atom. The van der Waals surface area contributed by atoms with Crippen LogP contribution in [-0.4, -0.2) is 17.9 Å². The van der Waals surface area contributed by atoms with Crippen LogP contribution in [0.25, 0.3) is 15.7 Å². The Morgan fingerprint density at radius 1 is 1.04 bits per heavy atom. The molecule has 0 aliphatic heterocycles. The van der Waals surface area contributed by atoms with Gasteiger partial charge in [0.1, 0.15) is 5.02 Å². The average Bonchev–Trinajstić information content (AvgIpc) is 2.61.